The van der Waals surface area contributed by atoms with E-state index in [1.54, 1.807) is 17.0 Å². The first-order valence-corrected chi connectivity index (χ1v) is 11.0. The normalized spacial score (nSPS) is 14.8. The van der Waals surface area contributed by atoms with Crippen molar-refractivity contribution in [1.29, 1.82) is 0 Å². The number of benzene rings is 3. The van der Waals surface area contributed by atoms with Crippen LogP contribution in [0.4, 0.5) is 19.3 Å². The Morgan fingerprint density at radius 1 is 1.09 bits per heavy atom. The molecule has 3 aromatic rings. The minimum absolute atomic E-state index is 0.110. The number of hydrogen-bond donors (Lipinski definition) is 2. The van der Waals surface area contributed by atoms with Crippen molar-refractivity contribution in [2.75, 3.05) is 19.5 Å². The first-order chi connectivity index (χ1) is 16.4. The summed E-state index contributed by atoms with van der Waals surface area (Å²) >= 11 is 0. The van der Waals surface area contributed by atoms with Gasteiger partial charge in [0, 0.05) is 12.6 Å². The van der Waals surface area contributed by atoms with Gasteiger partial charge in [-0.15, -0.1) is 0 Å². The number of carbonyl (C=O) groups excluding carboxylic acids is 1. The maximum absolute atomic E-state index is 14.3. The van der Waals surface area contributed by atoms with E-state index in [1.165, 1.54) is 20.3 Å². The number of halogens is 2. The summed E-state index contributed by atoms with van der Waals surface area (Å²) in [4.78, 5) is 15.1. The van der Waals surface area contributed by atoms with Gasteiger partial charge in [0.2, 0.25) is 5.75 Å². The summed E-state index contributed by atoms with van der Waals surface area (Å²) in [5.74, 6) is -1.30. The summed E-state index contributed by atoms with van der Waals surface area (Å²) in [6, 6.07) is 13.4. The van der Waals surface area contributed by atoms with E-state index in [-0.39, 0.29) is 35.5 Å². The average Bonchev–Trinajstić information content (AvgIpc) is 2.84. The highest BCUT2D eigenvalue weighted by Crippen LogP contribution is 2.40. The van der Waals surface area contributed by atoms with Gasteiger partial charge in [-0.25, -0.2) is 13.6 Å². The fraction of sp³-hybridized carbons (Fsp3) is 0.269. The van der Waals surface area contributed by atoms with E-state index in [4.69, 9.17) is 9.47 Å². The molecule has 3 aromatic carbocycles. The molecule has 1 atom stereocenters. The SMILES string of the molecule is COc1cc(CN(C(=O)Nc2ccc(F)cc2F)C2CCCc3ccccc32)cc(OC)c1O. The molecule has 8 heteroatoms. The van der Waals surface area contributed by atoms with Crippen LogP contribution in [-0.4, -0.2) is 30.3 Å². The highest BCUT2D eigenvalue weighted by Gasteiger charge is 2.30. The lowest BCUT2D eigenvalue weighted by Crippen LogP contribution is -2.39. The Hall–Kier alpha value is -3.81. The third kappa shape index (κ3) is 4.76. The second-order valence-corrected chi connectivity index (χ2v) is 8.14. The number of aromatic hydroxyl groups is 1. The van der Waals surface area contributed by atoms with Crippen molar-refractivity contribution in [3.8, 4) is 17.2 Å². The lowest BCUT2D eigenvalue weighted by Gasteiger charge is -2.36. The molecule has 0 heterocycles. The minimum atomic E-state index is -0.856. The van der Waals surface area contributed by atoms with Crippen LogP contribution in [0.1, 0.15) is 35.6 Å². The molecular weight excluding hydrogens is 442 g/mol. The lowest BCUT2D eigenvalue weighted by atomic mass is 9.86. The number of carbonyl (C=O) groups is 1. The molecule has 2 amide bonds. The second kappa shape index (κ2) is 9.99. The minimum Gasteiger partial charge on any atom is -0.502 e. The van der Waals surface area contributed by atoms with Gasteiger partial charge in [-0.05, 0) is 60.2 Å². The molecule has 0 aliphatic heterocycles. The summed E-state index contributed by atoms with van der Waals surface area (Å²) in [5.41, 5.74) is 2.73. The Bertz CT molecular complexity index is 1180. The van der Waals surface area contributed by atoms with E-state index in [0.29, 0.717) is 5.56 Å². The first-order valence-electron chi connectivity index (χ1n) is 11.0. The predicted octanol–water partition coefficient (Wildman–Crippen LogP) is 5.80. The third-order valence-corrected chi connectivity index (χ3v) is 6.04. The van der Waals surface area contributed by atoms with Crippen LogP contribution >= 0.6 is 0 Å². The van der Waals surface area contributed by atoms with Gasteiger partial charge in [-0.2, -0.15) is 0 Å². The Morgan fingerprint density at radius 2 is 1.79 bits per heavy atom. The molecule has 178 valence electrons. The highest BCUT2D eigenvalue weighted by molar-refractivity contribution is 5.89. The van der Waals surface area contributed by atoms with Crippen LogP contribution in [0.3, 0.4) is 0 Å². The molecule has 0 bridgehead atoms. The first kappa shape index (κ1) is 23.4. The molecule has 0 saturated heterocycles. The number of urea groups is 1. The number of anilines is 1. The van der Waals surface area contributed by atoms with Crippen LogP contribution < -0.4 is 14.8 Å². The van der Waals surface area contributed by atoms with Crippen LogP contribution in [-0.2, 0) is 13.0 Å². The number of amides is 2. The summed E-state index contributed by atoms with van der Waals surface area (Å²) in [5, 5.41) is 12.9. The third-order valence-electron chi connectivity index (χ3n) is 6.04. The molecular formula is C26H26F2N2O4. The summed E-state index contributed by atoms with van der Waals surface area (Å²) < 4.78 is 38.2. The monoisotopic (exact) mass is 468 g/mol. The van der Waals surface area contributed by atoms with Gasteiger partial charge >= 0.3 is 6.03 Å². The highest BCUT2D eigenvalue weighted by atomic mass is 19.1. The summed E-state index contributed by atoms with van der Waals surface area (Å²) in [6.07, 6.45) is 2.52. The number of methoxy groups -OCH3 is 2. The zero-order valence-electron chi connectivity index (χ0n) is 19.0. The molecule has 34 heavy (non-hydrogen) atoms. The summed E-state index contributed by atoms with van der Waals surface area (Å²) in [6.45, 7) is 0.140. The lowest BCUT2D eigenvalue weighted by molar-refractivity contribution is 0.175. The van der Waals surface area contributed by atoms with Crippen LogP contribution in [0, 0.1) is 11.6 Å². The van der Waals surface area contributed by atoms with Crippen molar-refractivity contribution in [2.24, 2.45) is 0 Å². The fourth-order valence-electron chi connectivity index (χ4n) is 4.39. The van der Waals surface area contributed by atoms with E-state index in [9.17, 15) is 18.7 Å². The second-order valence-electron chi connectivity index (χ2n) is 8.14. The molecule has 2 N–H and O–H groups in total. The zero-order chi connectivity index (χ0) is 24.2. The smallest absolute Gasteiger partial charge is 0.322 e. The molecule has 0 fully saturated rings. The van der Waals surface area contributed by atoms with Gasteiger partial charge in [-0.1, -0.05) is 24.3 Å². The molecule has 0 radical (unpaired) electrons. The molecule has 1 aliphatic rings. The number of phenols is 1. The van der Waals surface area contributed by atoms with E-state index in [0.717, 1.165) is 42.5 Å². The van der Waals surface area contributed by atoms with Gasteiger partial charge in [0.25, 0.3) is 0 Å². The van der Waals surface area contributed by atoms with Crippen LogP contribution in [0.15, 0.2) is 54.6 Å². The van der Waals surface area contributed by atoms with Crippen LogP contribution in [0.5, 0.6) is 17.2 Å². The number of rotatable bonds is 6. The number of nitrogens with one attached hydrogen (secondary N) is 1. The van der Waals surface area contributed by atoms with Gasteiger partial charge in [0.05, 0.1) is 25.9 Å². The fourth-order valence-corrected chi connectivity index (χ4v) is 4.39. The van der Waals surface area contributed by atoms with E-state index in [1.807, 2.05) is 24.3 Å². The van der Waals surface area contributed by atoms with Gasteiger partial charge in [0.1, 0.15) is 11.6 Å². The van der Waals surface area contributed by atoms with Crippen molar-refractivity contribution in [3.63, 3.8) is 0 Å². The number of phenolic OH excluding ortho intramolecular Hbond substituents is 1. The molecule has 6 nitrogen and oxygen atoms in total. The Morgan fingerprint density at radius 3 is 2.47 bits per heavy atom. The largest absolute Gasteiger partial charge is 0.502 e. The predicted molar refractivity (Wildman–Crippen MR) is 124 cm³/mol. The van der Waals surface area contributed by atoms with E-state index >= 15 is 0 Å². The maximum atomic E-state index is 14.3. The molecule has 1 aliphatic carbocycles. The summed E-state index contributed by atoms with van der Waals surface area (Å²) in [7, 11) is 2.86. The molecule has 1 unspecified atom stereocenters. The molecule has 0 aromatic heterocycles. The van der Waals surface area contributed by atoms with Crippen molar-refractivity contribution < 1.29 is 28.2 Å². The average molecular weight is 469 g/mol. The molecule has 4 rings (SSSR count). The number of nitrogens with zero attached hydrogens (tertiary/aromatic N) is 1. The van der Waals surface area contributed by atoms with Crippen molar-refractivity contribution in [2.45, 2.75) is 31.8 Å². The van der Waals surface area contributed by atoms with Crippen molar-refractivity contribution in [3.05, 3.63) is 82.9 Å². The standard InChI is InChI=1S/C26H26F2N2O4/c1-33-23-12-16(13-24(34-2)25(23)31)15-30(22-9-5-7-17-6-3-4-8-19(17)22)26(32)29-21-11-10-18(27)14-20(21)28/h3-4,6,8,10-14,22,31H,5,7,9,15H2,1-2H3,(H,29,32). The Balaban J connectivity index is 1.72. The van der Waals surface area contributed by atoms with Gasteiger partial charge in [-0.3, -0.25) is 0 Å². The van der Waals surface area contributed by atoms with Crippen LogP contribution in [0.25, 0.3) is 0 Å². The zero-order valence-corrected chi connectivity index (χ0v) is 19.0. The Kier molecular flexibility index (Phi) is 6.86. The van der Waals surface area contributed by atoms with Crippen molar-refractivity contribution in [1.82, 2.24) is 4.90 Å². The van der Waals surface area contributed by atoms with Gasteiger partial charge < -0.3 is 24.8 Å². The molecule has 0 spiro atoms. The van der Waals surface area contributed by atoms with Crippen LogP contribution in [0.2, 0.25) is 0 Å². The Labute approximate surface area is 196 Å². The number of fused-ring (bicyclic) bond motifs is 1. The van der Waals surface area contributed by atoms with Gasteiger partial charge in [0.15, 0.2) is 11.5 Å². The quantitative estimate of drug-likeness (QED) is 0.480. The van der Waals surface area contributed by atoms with E-state index in [2.05, 4.69) is 5.32 Å². The number of ether oxygens (including phenoxy) is 2. The maximum Gasteiger partial charge on any atom is 0.322 e. The number of hydrogen-bond acceptors (Lipinski definition) is 4. The topological polar surface area (TPSA) is 71.0 Å². The van der Waals surface area contributed by atoms with Crippen molar-refractivity contribution >= 4 is 11.7 Å². The molecule has 0 saturated carbocycles. The number of aryl methyl sites for hydroxylation is 1. The van der Waals surface area contributed by atoms with E-state index < -0.39 is 17.7 Å².